The number of anilines is 1. The van der Waals surface area contributed by atoms with E-state index in [1.807, 2.05) is 19.2 Å². The summed E-state index contributed by atoms with van der Waals surface area (Å²) in [5.74, 6) is -5.68. The molecule has 3 N–H and O–H groups in total. The Morgan fingerprint density at radius 1 is 0.878 bits per heavy atom. The van der Waals surface area contributed by atoms with E-state index in [1.54, 1.807) is 12.1 Å². The van der Waals surface area contributed by atoms with Gasteiger partial charge >= 0.3 is 24.3 Å². The van der Waals surface area contributed by atoms with Gasteiger partial charge in [-0.2, -0.15) is 26.3 Å². The van der Waals surface area contributed by atoms with Crippen molar-refractivity contribution in [2.45, 2.75) is 56.7 Å². The number of aliphatic carboxylic acids is 2. The Hall–Kier alpha value is -3.47. The average Bonchev–Trinajstić information content (AvgIpc) is 3.38. The Morgan fingerprint density at radius 2 is 1.34 bits per heavy atom. The van der Waals surface area contributed by atoms with E-state index < -0.39 is 24.3 Å². The zero-order valence-electron chi connectivity index (χ0n) is 22.0. The first kappa shape index (κ1) is 33.7. The molecule has 3 heterocycles. The van der Waals surface area contributed by atoms with Crippen LogP contribution in [0, 0.1) is 5.82 Å². The molecule has 0 bridgehead atoms. The first-order chi connectivity index (χ1) is 19.1. The molecule has 0 aliphatic carbocycles. The lowest BCUT2D eigenvalue weighted by Crippen LogP contribution is -2.48. The number of benzene rings is 1. The number of carboxylic acid groups (broad SMARTS) is 2. The lowest BCUT2D eigenvalue weighted by molar-refractivity contribution is -0.193. The number of hydrogen-bond donors (Lipinski definition) is 3. The van der Waals surface area contributed by atoms with E-state index in [2.05, 4.69) is 36.3 Å². The highest BCUT2D eigenvalue weighted by Gasteiger charge is 2.39. The van der Waals surface area contributed by atoms with E-state index in [9.17, 15) is 30.7 Å². The maximum absolute atomic E-state index is 13.1. The number of halogens is 7. The molecule has 0 atom stereocenters. The van der Waals surface area contributed by atoms with Crippen LogP contribution in [0.3, 0.4) is 0 Å². The van der Waals surface area contributed by atoms with Crippen molar-refractivity contribution < 1.29 is 50.5 Å². The van der Waals surface area contributed by atoms with E-state index in [0.717, 1.165) is 56.9 Å². The predicted octanol–water partition coefficient (Wildman–Crippen LogP) is 3.71. The minimum absolute atomic E-state index is 0.165. The topological polar surface area (TPSA) is 124 Å². The molecule has 2 aliphatic rings. The van der Waals surface area contributed by atoms with E-state index in [4.69, 9.17) is 19.8 Å². The van der Waals surface area contributed by atoms with Crippen LogP contribution in [-0.2, 0) is 16.1 Å². The molecule has 10 nitrogen and oxygen atoms in total. The van der Waals surface area contributed by atoms with Crippen LogP contribution < -0.4 is 10.2 Å². The van der Waals surface area contributed by atoms with Crippen LogP contribution in [0.4, 0.5) is 36.4 Å². The molecule has 0 unspecified atom stereocenters. The molecule has 2 fully saturated rings. The molecule has 4 rings (SSSR count). The fourth-order valence-corrected chi connectivity index (χ4v) is 4.41. The summed E-state index contributed by atoms with van der Waals surface area (Å²) >= 11 is 0. The number of alkyl halides is 6. The molecule has 0 saturated carbocycles. The molecule has 41 heavy (non-hydrogen) atoms. The van der Waals surface area contributed by atoms with E-state index in [-0.39, 0.29) is 5.82 Å². The molecule has 0 spiro atoms. The number of hydrogen-bond acceptors (Lipinski definition) is 7. The number of nitrogens with one attached hydrogen (secondary N) is 1. The van der Waals surface area contributed by atoms with Gasteiger partial charge in [-0.15, -0.1) is 5.10 Å². The van der Waals surface area contributed by atoms with Crippen molar-refractivity contribution in [2.75, 3.05) is 38.1 Å². The van der Waals surface area contributed by atoms with Crippen LogP contribution in [0.1, 0.15) is 37.4 Å². The quantitative estimate of drug-likeness (QED) is 0.441. The van der Waals surface area contributed by atoms with Crippen LogP contribution >= 0.6 is 0 Å². The van der Waals surface area contributed by atoms with Gasteiger partial charge in [0.25, 0.3) is 0 Å². The Morgan fingerprint density at radius 3 is 1.78 bits per heavy atom. The first-order valence-corrected chi connectivity index (χ1v) is 12.5. The van der Waals surface area contributed by atoms with Crippen molar-refractivity contribution in [3.63, 3.8) is 0 Å². The van der Waals surface area contributed by atoms with E-state index in [0.29, 0.717) is 12.1 Å². The zero-order valence-corrected chi connectivity index (χ0v) is 22.0. The zero-order chi connectivity index (χ0) is 30.8. The summed E-state index contributed by atoms with van der Waals surface area (Å²) in [4.78, 5) is 22.8. The van der Waals surface area contributed by atoms with E-state index in [1.165, 1.54) is 12.8 Å². The Labute approximate surface area is 230 Å². The molecule has 17 heteroatoms. The summed E-state index contributed by atoms with van der Waals surface area (Å²) in [6, 6.07) is 8.02. The molecule has 0 radical (unpaired) electrons. The fourth-order valence-electron chi connectivity index (χ4n) is 4.41. The van der Waals surface area contributed by atoms with Crippen LogP contribution in [0.2, 0.25) is 0 Å². The second kappa shape index (κ2) is 15.0. The van der Waals surface area contributed by atoms with Gasteiger partial charge in [0.2, 0.25) is 0 Å². The summed E-state index contributed by atoms with van der Waals surface area (Å²) in [5.41, 5.74) is 2.14. The molecule has 230 valence electrons. The van der Waals surface area contributed by atoms with Gasteiger partial charge in [0.15, 0.2) is 0 Å². The number of nitrogens with zero attached hydrogens (tertiary/aromatic N) is 5. The highest BCUT2D eigenvalue weighted by molar-refractivity contribution is 5.73. The normalized spacial score (nSPS) is 17.2. The van der Waals surface area contributed by atoms with Crippen molar-refractivity contribution in [1.82, 2.24) is 25.2 Å². The standard InChI is InChI=1S/C20H29FN6.2C2HF3O2/c1-22-14-17-15-27(24-23-17)20-8-12-26(13-9-20)19-6-10-25(11-7-19)18-4-2-16(21)3-5-18;2*3-2(4,5)1(6)7/h2-5,15,19-20,22H,6-14H2,1H3;2*(H,6,7). The number of carboxylic acids is 2. The maximum atomic E-state index is 13.1. The van der Waals surface area contributed by atoms with Crippen molar-refractivity contribution >= 4 is 17.6 Å². The summed E-state index contributed by atoms with van der Waals surface area (Å²) in [6.07, 6.45) is -3.45. The highest BCUT2D eigenvalue weighted by atomic mass is 19.4. The molecule has 0 amide bonds. The van der Waals surface area contributed by atoms with Gasteiger partial charge in [0.1, 0.15) is 5.82 Å². The lowest BCUT2D eigenvalue weighted by atomic mass is 9.97. The molecule has 1 aromatic carbocycles. The monoisotopic (exact) mass is 600 g/mol. The minimum Gasteiger partial charge on any atom is -0.475 e. The summed E-state index contributed by atoms with van der Waals surface area (Å²) in [7, 11) is 1.93. The van der Waals surface area contributed by atoms with Gasteiger partial charge in [-0.3, -0.25) is 0 Å². The summed E-state index contributed by atoms with van der Waals surface area (Å²) < 4.78 is 78.6. The van der Waals surface area contributed by atoms with Crippen molar-refractivity contribution in [3.8, 4) is 0 Å². The summed E-state index contributed by atoms with van der Waals surface area (Å²) in [6.45, 7) is 5.13. The van der Waals surface area contributed by atoms with Gasteiger partial charge in [-0.25, -0.2) is 18.7 Å². The third-order valence-corrected chi connectivity index (χ3v) is 6.45. The van der Waals surface area contributed by atoms with Gasteiger partial charge in [-0.1, -0.05) is 5.21 Å². The van der Waals surface area contributed by atoms with Crippen molar-refractivity contribution in [2.24, 2.45) is 0 Å². The van der Waals surface area contributed by atoms with Crippen molar-refractivity contribution in [1.29, 1.82) is 0 Å². The molecular formula is C24H31F7N6O4. The van der Waals surface area contributed by atoms with Gasteiger partial charge < -0.3 is 25.3 Å². The minimum atomic E-state index is -5.08. The lowest BCUT2D eigenvalue weighted by Gasteiger charge is -2.42. The van der Waals surface area contributed by atoms with Crippen LogP contribution in [0.25, 0.3) is 0 Å². The second-order valence-corrected chi connectivity index (χ2v) is 9.29. The van der Waals surface area contributed by atoms with Crippen LogP contribution in [0.15, 0.2) is 30.5 Å². The largest absolute Gasteiger partial charge is 0.490 e. The van der Waals surface area contributed by atoms with Gasteiger partial charge in [0, 0.05) is 44.5 Å². The Bertz CT molecular complexity index is 1070. The van der Waals surface area contributed by atoms with Gasteiger partial charge in [0.05, 0.1) is 17.9 Å². The molecule has 2 aromatic rings. The SMILES string of the molecule is CNCc1cn(C2CCN(C3CCN(c4ccc(F)cc4)CC3)CC2)nn1.O=C(O)C(F)(F)F.O=C(O)C(F)(F)F. The van der Waals surface area contributed by atoms with Crippen molar-refractivity contribution in [3.05, 3.63) is 42.0 Å². The Balaban J connectivity index is 0.000000349. The maximum Gasteiger partial charge on any atom is 0.490 e. The Kier molecular flexibility index (Phi) is 12.3. The number of rotatable bonds is 5. The van der Waals surface area contributed by atoms with Crippen LogP contribution in [-0.4, -0.2) is 93.7 Å². The summed E-state index contributed by atoms with van der Waals surface area (Å²) in [5, 5.41) is 25.9. The molecule has 1 aromatic heterocycles. The third kappa shape index (κ3) is 11.1. The predicted molar refractivity (Wildman–Crippen MR) is 132 cm³/mol. The first-order valence-electron chi connectivity index (χ1n) is 12.5. The number of piperidine rings is 2. The van der Waals surface area contributed by atoms with Gasteiger partial charge in [-0.05, 0) is 57.0 Å². The smallest absolute Gasteiger partial charge is 0.475 e. The third-order valence-electron chi connectivity index (χ3n) is 6.45. The average molecular weight is 601 g/mol. The molecule has 2 saturated heterocycles. The van der Waals surface area contributed by atoms with Crippen LogP contribution in [0.5, 0.6) is 0 Å². The number of carbonyl (C=O) groups is 2. The fraction of sp³-hybridized carbons (Fsp3) is 0.583. The number of aromatic nitrogens is 3. The molecular weight excluding hydrogens is 569 g/mol. The second-order valence-electron chi connectivity index (χ2n) is 9.29. The number of likely N-dealkylation sites (tertiary alicyclic amines) is 1. The molecule has 2 aliphatic heterocycles. The highest BCUT2D eigenvalue weighted by Crippen LogP contribution is 2.28. The van der Waals surface area contributed by atoms with E-state index >= 15 is 0 Å².